The Morgan fingerprint density at radius 3 is 2.80 bits per heavy atom. The molecule has 1 aliphatic rings. The zero-order valence-electron chi connectivity index (χ0n) is 11.8. The average Bonchev–Trinajstić information content (AvgIpc) is 2.39. The van der Waals surface area contributed by atoms with Gasteiger partial charge in [0, 0.05) is 6.04 Å². The highest BCUT2D eigenvalue weighted by Gasteiger charge is 2.34. The lowest BCUT2D eigenvalue weighted by Gasteiger charge is -2.41. The third kappa shape index (κ3) is 3.16. The molecule has 1 saturated heterocycles. The summed E-state index contributed by atoms with van der Waals surface area (Å²) in [5.41, 5.74) is 12.4. The standard InChI is InChI=1S/C15H22FN3O/c1-10(17)14(11-5-4-6-12(16)9-11)19-8-3-2-7-13(19)15(18)20/h4-6,9-10,13-14H,2-3,7-8,17H2,1H3,(H2,18,20). The number of rotatable bonds is 4. The van der Waals surface area contributed by atoms with Crippen LogP contribution >= 0.6 is 0 Å². The van der Waals surface area contributed by atoms with Gasteiger partial charge in [-0.1, -0.05) is 18.6 Å². The monoisotopic (exact) mass is 279 g/mol. The molecule has 0 aliphatic carbocycles. The quantitative estimate of drug-likeness (QED) is 0.878. The number of primary amides is 1. The Kier molecular flexibility index (Phi) is 4.73. The van der Waals surface area contributed by atoms with Crippen LogP contribution in [0.15, 0.2) is 24.3 Å². The van der Waals surface area contributed by atoms with Crippen molar-refractivity contribution in [2.24, 2.45) is 11.5 Å². The molecule has 20 heavy (non-hydrogen) atoms. The summed E-state index contributed by atoms with van der Waals surface area (Å²) in [4.78, 5) is 13.7. The van der Waals surface area contributed by atoms with Crippen LogP contribution in [0.5, 0.6) is 0 Å². The maximum absolute atomic E-state index is 13.5. The number of hydrogen-bond donors (Lipinski definition) is 2. The van der Waals surface area contributed by atoms with Crippen LogP contribution in [0.1, 0.15) is 37.8 Å². The van der Waals surface area contributed by atoms with Gasteiger partial charge in [-0.15, -0.1) is 0 Å². The van der Waals surface area contributed by atoms with E-state index in [9.17, 15) is 9.18 Å². The predicted octanol–water partition coefficient (Wildman–Crippen LogP) is 1.55. The lowest BCUT2D eigenvalue weighted by Crippen LogP contribution is -2.52. The molecule has 1 amide bonds. The second-order valence-electron chi connectivity index (χ2n) is 5.51. The molecule has 1 heterocycles. The lowest BCUT2D eigenvalue weighted by atomic mass is 9.92. The molecule has 3 unspecified atom stereocenters. The smallest absolute Gasteiger partial charge is 0.234 e. The molecule has 4 N–H and O–H groups in total. The fraction of sp³-hybridized carbons (Fsp3) is 0.533. The molecule has 0 aromatic heterocycles. The summed E-state index contributed by atoms with van der Waals surface area (Å²) in [6.45, 7) is 2.64. The summed E-state index contributed by atoms with van der Waals surface area (Å²) in [6.07, 6.45) is 2.73. The van der Waals surface area contributed by atoms with E-state index in [2.05, 4.69) is 0 Å². The number of nitrogens with two attached hydrogens (primary N) is 2. The maximum atomic E-state index is 13.5. The van der Waals surface area contributed by atoms with E-state index in [1.54, 1.807) is 6.07 Å². The highest BCUT2D eigenvalue weighted by atomic mass is 19.1. The van der Waals surface area contributed by atoms with Crippen LogP contribution in [0.2, 0.25) is 0 Å². The fourth-order valence-electron chi connectivity index (χ4n) is 3.08. The van der Waals surface area contributed by atoms with Crippen molar-refractivity contribution < 1.29 is 9.18 Å². The van der Waals surface area contributed by atoms with Gasteiger partial charge in [-0.3, -0.25) is 9.69 Å². The van der Waals surface area contributed by atoms with E-state index in [0.717, 1.165) is 31.4 Å². The molecule has 4 nitrogen and oxygen atoms in total. The van der Waals surface area contributed by atoms with Gasteiger partial charge in [0.2, 0.25) is 5.91 Å². The molecular weight excluding hydrogens is 257 g/mol. The molecule has 0 saturated carbocycles. The van der Waals surface area contributed by atoms with Crippen molar-refractivity contribution in [1.82, 2.24) is 4.90 Å². The second kappa shape index (κ2) is 6.33. The van der Waals surface area contributed by atoms with E-state index in [4.69, 9.17) is 11.5 Å². The molecular formula is C15H22FN3O. The Bertz CT molecular complexity index is 478. The summed E-state index contributed by atoms with van der Waals surface area (Å²) in [6, 6.07) is 5.69. The minimum absolute atomic E-state index is 0.191. The van der Waals surface area contributed by atoms with Crippen LogP contribution in [0.25, 0.3) is 0 Å². The first-order valence-electron chi connectivity index (χ1n) is 7.07. The zero-order chi connectivity index (χ0) is 14.7. The number of hydrogen-bond acceptors (Lipinski definition) is 3. The maximum Gasteiger partial charge on any atom is 0.234 e. The minimum atomic E-state index is -0.327. The number of amides is 1. The van der Waals surface area contributed by atoms with Crippen LogP contribution in [0, 0.1) is 5.82 Å². The Balaban J connectivity index is 2.34. The number of piperidine rings is 1. The van der Waals surface area contributed by atoms with Crippen LogP contribution in [0.3, 0.4) is 0 Å². The molecule has 0 radical (unpaired) electrons. The summed E-state index contributed by atoms with van der Waals surface area (Å²) in [7, 11) is 0. The molecule has 1 aliphatic heterocycles. The first kappa shape index (κ1) is 14.9. The zero-order valence-corrected chi connectivity index (χ0v) is 11.8. The number of benzene rings is 1. The van der Waals surface area contributed by atoms with Crippen molar-refractivity contribution in [1.29, 1.82) is 0 Å². The topological polar surface area (TPSA) is 72.3 Å². The van der Waals surface area contributed by atoms with Crippen LogP contribution in [-0.4, -0.2) is 29.4 Å². The normalized spacial score (nSPS) is 23.2. The van der Waals surface area contributed by atoms with Crippen molar-refractivity contribution in [2.75, 3.05) is 6.54 Å². The van der Waals surface area contributed by atoms with Crippen molar-refractivity contribution >= 4 is 5.91 Å². The van der Waals surface area contributed by atoms with E-state index >= 15 is 0 Å². The van der Waals surface area contributed by atoms with E-state index in [0.29, 0.717) is 0 Å². The third-order valence-electron chi connectivity index (χ3n) is 3.92. The Morgan fingerprint density at radius 2 is 2.20 bits per heavy atom. The molecule has 0 bridgehead atoms. The van der Waals surface area contributed by atoms with Crippen LogP contribution in [-0.2, 0) is 4.79 Å². The first-order valence-corrected chi connectivity index (χ1v) is 7.07. The second-order valence-corrected chi connectivity index (χ2v) is 5.51. The number of nitrogens with zero attached hydrogens (tertiary/aromatic N) is 1. The SMILES string of the molecule is CC(N)C(c1cccc(F)c1)N1CCCCC1C(N)=O. The molecule has 5 heteroatoms. The van der Waals surface area contributed by atoms with Crippen LogP contribution < -0.4 is 11.5 Å². The van der Waals surface area contributed by atoms with Crippen molar-refractivity contribution in [3.05, 3.63) is 35.6 Å². The van der Waals surface area contributed by atoms with Gasteiger partial charge >= 0.3 is 0 Å². The fourth-order valence-corrected chi connectivity index (χ4v) is 3.08. The summed E-state index contributed by atoms with van der Waals surface area (Å²) < 4.78 is 13.5. The third-order valence-corrected chi connectivity index (χ3v) is 3.92. The summed E-state index contributed by atoms with van der Waals surface area (Å²) in [5, 5.41) is 0. The highest BCUT2D eigenvalue weighted by molar-refractivity contribution is 5.80. The van der Waals surface area contributed by atoms with E-state index < -0.39 is 0 Å². The van der Waals surface area contributed by atoms with Crippen molar-refractivity contribution in [3.8, 4) is 0 Å². The number of halogens is 1. The van der Waals surface area contributed by atoms with Gasteiger partial charge in [0.1, 0.15) is 5.82 Å². The molecule has 2 rings (SSSR count). The minimum Gasteiger partial charge on any atom is -0.368 e. The van der Waals surface area contributed by atoms with Gasteiger partial charge in [0.05, 0.1) is 12.1 Å². The van der Waals surface area contributed by atoms with E-state index in [-0.39, 0.29) is 29.8 Å². The lowest BCUT2D eigenvalue weighted by molar-refractivity contribution is -0.125. The van der Waals surface area contributed by atoms with E-state index in [1.807, 2.05) is 17.9 Å². The Hall–Kier alpha value is -1.46. The number of carbonyl (C=O) groups excluding carboxylic acids is 1. The van der Waals surface area contributed by atoms with Gasteiger partial charge < -0.3 is 11.5 Å². The average molecular weight is 279 g/mol. The summed E-state index contributed by atoms with van der Waals surface area (Å²) in [5.74, 6) is -0.618. The summed E-state index contributed by atoms with van der Waals surface area (Å²) >= 11 is 0. The Labute approximate surface area is 118 Å². The molecule has 1 aromatic carbocycles. The predicted molar refractivity (Wildman–Crippen MR) is 76.3 cm³/mol. The van der Waals surface area contributed by atoms with Crippen molar-refractivity contribution in [3.63, 3.8) is 0 Å². The van der Waals surface area contributed by atoms with Gasteiger partial charge in [0.25, 0.3) is 0 Å². The van der Waals surface area contributed by atoms with Gasteiger partial charge in [-0.2, -0.15) is 0 Å². The van der Waals surface area contributed by atoms with Crippen LogP contribution in [0.4, 0.5) is 4.39 Å². The number of carbonyl (C=O) groups is 1. The van der Waals surface area contributed by atoms with Gasteiger partial charge in [-0.25, -0.2) is 4.39 Å². The molecule has 3 atom stereocenters. The first-order chi connectivity index (χ1) is 9.50. The molecule has 1 aromatic rings. The molecule has 1 fully saturated rings. The Morgan fingerprint density at radius 1 is 1.45 bits per heavy atom. The molecule has 110 valence electrons. The molecule has 0 spiro atoms. The largest absolute Gasteiger partial charge is 0.368 e. The highest BCUT2D eigenvalue weighted by Crippen LogP contribution is 2.30. The van der Waals surface area contributed by atoms with Gasteiger partial charge in [0.15, 0.2) is 0 Å². The number of likely N-dealkylation sites (tertiary alicyclic amines) is 1. The van der Waals surface area contributed by atoms with Gasteiger partial charge in [-0.05, 0) is 44.0 Å². The van der Waals surface area contributed by atoms with Crippen molar-refractivity contribution in [2.45, 2.75) is 44.3 Å². The van der Waals surface area contributed by atoms with E-state index in [1.165, 1.54) is 12.1 Å².